The largest absolute Gasteiger partial charge is 0.341 e. The van der Waals surface area contributed by atoms with Crippen molar-refractivity contribution >= 4 is 16.9 Å². The number of fused-ring (bicyclic) bond motifs is 2. The van der Waals surface area contributed by atoms with E-state index in [1.165, 1.54) is 5.56 Å². The van der Waals surface area contributed by atoms with Crippen molar-refractivity contribution in [3.63, 3.8) is 0 Å². The number of aryl methyl sites for hydroxylation is 1. The second-order valence-corrected chi connectivity index (χ2v) is 8.20. The predicted octanol–water partition coefficient (Wildman–Crippen LogP) is 4.16. The lowest BCUT2D eigenvalue weighted by atomic mass is 9.90. The fourth-order valence-electron chi connectivity index (χ4n) is 4.55. The zero-order valence-electron chi connectivity index (χ0n) is 17.7. The van der Waals surface area contributed by atoms with Crippen molar-refractivity contribution < 1.29 is 10.0 Å². The summed E-state index contributed by atoms with van der Waals surface area (Å²) in [5.74, 6) is 0.409. The van der Waals surface area contributed by atoms with E-state index in [-0.39, 0.29) is 6.04 Å². The van der Waals surface area contributed by atoms with Crippen LogP contribution in [0, 0.1) is 0 Å². The maximum atomic E-state index is 11.7. The van der Waals surface area contributed by atoms with Crippen LogP contribution >= 0.6 is 0 Å². The van der Waals surface area contributed by atoms with Crippen LogP contribution in [-0.2, 0) is 19.5 Å². The number of nitrogens with zero attached hydrogens (tertiary/aromatic N) is 3. The highest BCUT2D eigenvalue weighted by molar-refractivity contribution is 5.93. The SMILES string of the molecule is O=C(NO)c1ccc(CN(Cc2nc3ccccc3[nH]2)[C@@H]2CCCc3cccnc32)cc1. The first-order valence-corrected chi connectivity index (χ1v) is 10.9. The molecule has 5 rings (SSSR count). The molecule has 0 fully saturated rings. The molecular weight excluding hydrogens is 402 g/mol. The lowest BCUT2D eigenvalue weighted by molar-refractivity contribution is 0.0706. The van der Waals surface area contributed by atoms with Gasteiger partial charge in [0.25, 0.3) is 5.91 Å². The predicted molar refractivity (Wildman–Crippen MR) is 121 cm³/mol. The van der Waals surface area contributed by atoms with Crippen LogP contribution in [0.25, 0.3) is 11.0 Å². The zero-order chi connectivity index (χ0) is 21.9. The van der Waals surface area contributed by atoms with Gasteiger partial charge in [-0.1, -0.05) is 30.3 Å². The smallest absolute Gasteiger partial charge is 0.274 e. The second kappa shape index (κ2) is 8.90. The highest BCUT2D eigenvalue weighted by Gasteiger charge is 2.28. The Labute approximate surface area is 186 Å². The number of carbonyl (C=O) groups excluding carboxylic acids is 1. The third kappa shape index (κ3) is 4.12. The van der Waals surface area contributed by atoms with Gasteiger partial charge in [0.15, 0.2) is 0 Å². The summed E-state index contributed by atoms with van der Waals surface area (Å²) in [6, 6.07) is 19.8. The summed E-state index contributed by atoms with van der Waals surface area (Å²) >= 11 is 0. The van der Waals surface area contributed by atoms with E-state index in [1.807, 2.05) is 48.7 Å². The fourth-order valence-corrected chi connectivity index (χ4v) is 4.55. The Balaban J connectivity index is 1.46. The molecule has 0 aliphatic heterocycles. The molecule has 0 radical (unpaired) electrons. The molecule has 3 N–H and O–H groups in total. The highest BCUT2D eigenvalue weighted by Crippen LogP contribution is 2.34. The minimum atomic E-state index is -0.513. The first-order chi connectivity index (χ1) is 15.7. The summed E-state index contributed by atoms with van der Waals surface area (Å²) < 4.78 is 0. The molecule has 0 saturated heterocycles. The van der Waals surface area contributed by atoms with E-state index in [2.05, 4.69) is 16.0 Å². The van der Waals surface area contributed by atoms with Gasteiger partial charge in [0, 0.05) is 18.3 Å². The third-order valence-electron chi connectivity index (χ3n) is 6.10. The molecule has 1 atom stereocenters. The van der Waals surface area contributed by atoms with Gasteiger partial charge >= 0.3 is 0 Å². The average molecular weight is 428 g/mol. The van der Waals surface area contributed by atoms with Gasteiger partial charge in [-0.3, -0.25) is 19.9 Å². The van der Waals surface area contributed by atoms with Gasteiger partial charge in [-0.15, -0.1) is 0 Å². The van der Waals surface area contributed by atoms with E-state index in [1.54, 1.807) is 17.6 Å². The van der Waals surface area contributed by atoms with Gasteiger partial charge in [0.1, 0.15) is 5.82 Å². The first-order valence-electron chi connectivity index (χ1n) is 10.9. The van der Waals surface area contributed by atoms with Gasteiger partial charge in [0.2, 0.25) is 0 Å². The molecule has 1 amide bonds. The van der Waals surface area contributed by atoms with Crippen LogP contribution in [0.4, 0.5) is 0 Å². The molecule has 2 aromatic heterocycles. The van der Waals surface area contributed by atoms with Gasteiger partial charge < -0.3 is 4.98 Å². The number of hydroxylamine groups is 1. The number of rotatable bonds is 6. The molecule has 0 saturated carbocycles. The van der Waals surface area contributed by atoms with Crippen molar-refractivity contribution in [1.29, 1.82) is 0 Å². The van der Waals surface area contributed by atoms with Crippen LogP contribution < -0.4 is 5.48 Å². The van der Waals surface area contributed by atoms with Crippen LogP contribution in [-0.4, -0.2) is 31.0 Å². The molecule has 0 bridgehead atoms. The minimum Gasteiger partial charge on any atom is -0.341 e. The molecule has 162 valence electrons. The molecule has 1 aliphatic carbocycles. The molecule has 2 heterocycles. The van der Waals surface area contributed by atoms with Crippen molar-refractivity contribution in [2.24, 2.45) is 0 Å². The summed E-state index contributed by atoms with van der Waals surface area (Å²) in [5.41, 5.74) is 7.63. The Kier molecular flexibility index (Phi) is 5.66. The van der Waals surface area contributed by atoms with Crippen LogP contribution in [0.5, 0.6) is 0 Å². The van der Waals surface area contributed by atoms with E-state index >= 15 is 0 Å². The maximum absolute atomic E-state index is 11.7. The summed E-state index contributed by atoms with van der Waals surface area (Å²) in [5, 5.41) is 8.86. The summed E-state index contributed by atoms with van der Waals surface area (Å²) in [6.45, 7) is 1.35. The number of aromatic amines is 1. The average Bonchev–Trinajstić information content (AvgIpc) is 3.26. The Hall–Kier alpha value is -3.55. The Bertz CT molecular complexity index is 1200. The number of imidazole rings is 1. The number of carbonyl (C=O) groups is 1. The molecule has 1 aliphatic rings. The van der Waals surface area contributed by atoms with Crippen molar-refractivity contribution in [3.05, 3.63) is 95.1 Å². The number of pyridine rings is 1. The molecule has 32 heavy (non-hydrogen) atoms. The number of nitrogens with one attached hydrogen (secondary N) is 2. The fraction of sp³-hybridized carbons (Fsp3) is 0.240. The van der Waals surface area contributed by atoms with Gasteiger partial charge in [-0.2, -0.15) is 0 Å². The second-order valence-electron chi connectivity index (χ2n) is 8.20. The highest BCUT2D eigenvalue weighted by atomic mass is 16.5. The third-order valence-corrected chi connectivity index (χ3v) is 6.10. The van der Waals surface area contributed by atoms with Gasteiger partial charge in [-0.05, 0) is 60.7 Å². The summed E-state index contributed by atoms with van der Waals surface area (Å²) in [7, 11) is 0. The van der Waals surface area contributed by atoms with E-state index in [0.29, 0.717) is 18.7 Å². The van der Waals surface area contributed by atoms with Crippen LogP contribution in [0.2, 0.25) is 0 Å². The van der Waals surface area contributed by atoms with E-state index in [4.69, 9.17) is 15.2 Å². The van der Waals surface area contributed by atoms with E-state index in [0.717, 1.165) is 47.4 Å². The van der Waals surface area contributed by atoms with Gasteiger partial charge in [-0.25, -0.2) is 10.5 Å². The van der Waals surface area contributed by atoms with Crippen LogP contribution in [0.3, 0.4) is 0 Å². The molecule has 0 spiro atoms. The number of hydrogen-bond acceptors (Lipinski definition) is 5. The number of hydrogen-bond donors (Lipinski definition) is 3. The Morgan fingerprint density at radius 1 is 1.09 bits per heavy atom. The van der Waals surface area contributed by atoms with Gasteiger partial charge in [0.05, 0.1) is 29.3 Å². The number of H-pyrrole nitrogens is 1. The zero-order valence-corrected chi connectivity index (χ0v) is 17.7. The summed E-state index contributed by atoms with van der Waals surface area (Å²) in [6.07, 6.45) is 5.09. The Morgan fingerprint density at radius 3 is 2.75 bits per heavy atom. The normalized spacial score (nSPS) is 15.6. The standard InChI is InChI=1S/C25H25N5O2/c31-25(29-32)19-12-10-17(11-13-19)15-30(16-23-27-20-7-1-2-8-21(20)28-23)22-9-3-5-18-6-4-14-26-24(18)22/h1-2,4,6-8,10-14,22,32H,3,5,9,15-16H2,(H,27,28)(H,29,31)/t22-/m1/s1. The van der Waals surface area contributed by atoms with Crippen molar-refractivity contribution in [1.82, 2.24) is 25.3 Å². The van der Waals surface area contributed by atoms with Crippen molar-refractivity contribution in [3.8, 4) is 0 Å². The van der Waals surface area contributed by atoms with Crippen LogP contribution in [0.15, 0.2) is 66.9 Å². The van der Waals surface area contributed by atoms with E-state index < -0.39 is 5.91 Å². The molecule has 0 unspecified atom stereocenters. The van der Waals surface area contributed by atoms with Crippen molar-refractivity contribution in [2.75, 3.05) is 0 Å². The number of benzene rings is 2. The number of aromatic nitrogens is 3. The molecule has 7 nitrogen and oxygen atoms in total. The lowest BCUT2D eigenvalue weighted by Crippen LogP contribution is -2.31. The maximum Gasteiger partial charge on any atom is 0.274 e. The summed E-state index contributed by atoms with van der Waals surface area (Å²) in [4.78, 5) is 27.1. The van der Waals surface area contributed by atoms with Crippen molar-refractivity contribution in [2.45, 2.75) is 38.4 Å². The number of para-hydroxylation sites is 2. The molecule has 7 heteroatoms. The molecule has 4 aromatic rings. The Morgan fingerprint density at radius 2 is 1.94 bits per heavy atom. The monoisotopic (exact) mass is 427 g/mol. The first kappa shape index (κ1) is 20.4. The molecular formula is C25H25N5O2. The van der Waals surface area contributed by atoms with E-state index in [9.17, 15) is 4.79 Å². The minimum absolute atomic E-state index is 0.188. The van der Waals surface area contributed by atoms with Crippen LogP contribution in [0.1, 0.15) is 51.9 Å². The quantitative estimate of drug-likeness (QED) is 0.317. The number of amides is 1. The lowest BCUT2D eigenvalue weighted by Gasteiger charge is -2.34. The topological polar surface area (TPSA) is 94.1 Å². The molecule has 2 aromatic carbocycles.